The van der Waals surface area contributed by atoms with E-state index >= 15 is 0 Å². The van der Waals surface area contributed by atoms with E-state index in [-0.39, 0.29) is 11.9 Å². The summed E-state index contributed by atoms with van der Waals surface area (Å²) in [5.74, 6) is 0.0991. The molecule has 0 atom stereocenters. The number of nitrogens with one attached hydrogen (secondary N) is 1. The first-order valence-corrected chi connectivity index (χ1v) is 10.9. The number of carbonyl (C=O) groups is 2. The Morgan fingerprint density at radius 3 is 2.43 bits per heavy atom. The lowest BCUT2D eigenvalue weighted by molar-refractivity contribution is 0.0724. The Kier molecular flexibility index (Phi) is 7.34. The number of likely N-dealkylation sites (tertiary alicyclic amines) is 1. The fourth-order valence-electron chi connectivity index (χ4n) is 3.29. The fourth-order valence-corrected chi connectivity index (χ4v) is 4.39. The van der Waals surface area contributed by atoms with Crippen LogP contribution < -0.4 is 5.32 Å². The molecular weight excluding hydrogens is 394 g/mol. The summed E-state index contributed by atoms with van der Waals surface area (Å²) >= 11 is 7.45. The minimum Gasteiger partial charge on any atom is -0.339 e. The minimum absolute atomic E-state index is 0.0991. The summed E-state index contributed by atoms with van der Waals surface area (Å²) in [7, 11) is 0. The van der Waals surface area contributed by atoms with Gasteiger partial charge in [0, 0.05) is 36.6 Å². The van der Waals surface area contributed by atoms with E-state index in [1.807, 2.05) is 48.2 Å². The number of hydrogen-bond donors (Lipinski definition) is 1. The molecule has 5 nitrogen and oxygen atoms in total. The molecule has 1 N–H and O–H groups in total. The van der Waals surface area contributed by atoms with Crippen LogP contribution >= 0.6 is 22.9 Å². The highest BCUT2D eigenvalue weighted by Gasteiger charge is 2.18. The van der Waals surface area contributed by atoms with Crippen LogP contribution in [0.25, 0.3) is 0 Å². The van der Waals surface area contributed by atoms with Gasteiger partial charge in [0.15, 0.2) is 0 Å². The Hall–Kier alpha value is -2.05. The Bertz CT molecular complexity index is 800. The summed E-state index contributed by atoms with van der Waals surface area (Å²) in [6, 6.07) is 11.2. The highest BCUT2D eigenvalue weighted by atomic mass is 35.5. The molecule has 1 aromatic carbocycles. The predicted octanol–water partition coefficient (Wildman–Crippen LogP) is 4.76. The molecule has 1 aliphatic heterocycles. The third-order valence-electron chi connectivity index (χ3n) is 4.93. The lowest BCUT2D eigenvalue weighted by atomic mass is 10.1. The second-order valence-electron chi connectivity index (χ2n) is 6.93. The molecule has 0 saturated carbocycles. The number of urea groups is 1. The van der Waals surface area contributed by atoms with Gasteiger partial charge >= 0.3 is 6.03 Å². The lowest BCUT2D eigenvalue weighted by Gasteiger charge is -2.26. The summed E-state index contributed by atoms with van der Waals surface area (Å²) in [5, 5.41) is 2.95. The van der Waals surface area contributed by atoms with Crippen molar-refractivity contribution in [3.05, 3.63) is 56.7 Å². The molecule has 7 heteroatoms. The minimum atomic E-state index is -0.111. The van der Waals surface area contributed by atoms with Crippen molar-refractivity contribution in [3.8, 4) is 0 Å². The van der Waals surface area contributed by atoms with Gasteiger partial charge in [-0.1, -0.05) is 23.7 Å². The van der Waals surface area contributed by atoms with Crippen molar-refractivity contribution in [3.63, 3.8) is 0 Å². The van der Waals surface area contributed by atoms with Crippen LogP contribution in [0.5, 0.6) is 0 Å². The summed E-state index contributed by atoms with van der Waals surface area (Å²) in [6.07, 6.45) is 3.37. The van der Waals surface area contributed by atoms with Crippen LogP contribution in [0.1, 0.15) is 47.0 Å². The Morgan fingerprint density at radius 2 is 1.82 bits per heavy atom. The zero-order valence-corrected chi connectivity index (χ0v) is 17.7. The molecule has 1 aliphatic rings. The zero-order chi connectivity index (χ0) is 19.9. The molecule has 1 fully saturated rings. The molecular formula is C21H26ClN3O2S. The van der Waals surface area contributed by atoms with Crippen LogP contribution in [0.15, 0.2) is 36.4 Å². The topological polar surface area (TPSA) is 52.7 Å². The van der Waals surface area contributed by atoms with E-state index in [1.54, 1.807) is 4.90 Å². The molecule has 2 aromatic rings. The molecule has 3 rings (SSSR count). The number of halogens is 1. The summed E-state index contributed by atoms with van der Waals surface area (Å²) < 4.78 is 0.727. The van der Waals surface area contributed by atoms with Crippen molar-refractivity contribution in [1.82, 2.24) is 15.1 Å². The van der Waals surface area contributed by atoms with Crippen molar-refractivity contribution in [2.45, 2.75) is 39.3 Å². The van der Waals surface area contributed by atoms with Crippen LogP contribution in [0, 0.1) is 0 Å². The van der Waals surface area contributed by atoms with E-state index in [4.69, 9.17) is 11.6 Å². The highest BCUT2D eigenvalue weighted by molar-refractivity contribution is 7.16. The van der Waals surface area contributed by atoms with Crippen molar-refractivity contribution in [1.29, 1.82) is 0 Å². The van der Waals surface area contributed by atoms with E-state index < -0.39 is 0 Å². The maximum absolute atomic E-state index is 12.5. The lowest BCUT2D eigenvalue weighted by Crippen LogP contribution is -2.38. The van der Waals surface area contributed by atoms with E-state index in [1.165, 1.54) is 17.8 Å². The van der Waals surface area contributed by atoms with Gasteiger partial charge in [-0.2, -0.15) is 0 Å². The van der Waals surface area contributed by atoms with Crippen molar-refractivity contribution >= 4 is 34.9 Å². The predicted molar refractivity (Wildman–Crippen MR) is 114 cm³/mol. The van der Waals surface area contributed by atoms with E-state index in [0.717, 1.165) is 40.7 Å². The Balaban J connectivity index is 1.52. The third kappa shape index (κ3) is 5.49. The summed E-state index contributed by atoms with van der Waals surface area (Å²) in [5.41, 5.74) is 1.68. The molecule has 0 bridgehead atoms. The van der Waals surface area contributed by atoms with Gasteiger partial charge in [-0.15, -0.1) is 11.3 Å². The fraction of sp³-hybridized carbons (Fsp3) is 0.429. The number of benzene rings is 1. The van der Waals surface area contributed by atoms with Gasteiger partial charge in [0.2, 0.25) is 0 Å². The molecule has 0 aliphatic carbocycles. The SMILES string of the molecule is CCN(Cc1ccc(Cl)s1)C(=O)NCc1ccc(C(=O)N2CCCCC2)cc1. The average molecular weight is 420 g/mol. The highest BCUT2D eigenvalue weighted by Crippen LogP contribution is 2.22. The van der Waals surface area contributed by atoms with Crippen LogP contribution in [0.4, 0.5) is 4.79 Å². The van der Waals surface area contributed by atoms with Gasteiger partial charge in [-0.25, -0.2) is 4.79 Å². The second kappa shape index (κ2) is 9.94. The van der Waals surface area contributed by atoms with E-state index in [2.05, 4.69) is 5.32 Å². The number of hydrogen-bond acceptors (Lipinski definition) is 3. The molecule has 0 unspecified atom stereocenters. The molecule has 2 heterocycles. The van der Waals surface area contributed by atoms with Crippen molar-refractivity contribution < 1.29 is 9.59 Å². The maximum atomic E-state index is 12.5. The van der Waals surface area contributed by atoms with Gasteiger partial charge in [-0.05, 0) is 56.0 Å². The number of amides is 3. The monoisotopic (exact) mass is 419 g/mol. The van der Waals surface area contributed by atoms with Crippen molar-refractivity contribution in [2.75, 3.05) is 19.6 Å². The summed E-state index contributed by atoms with van der Waals surface area (Å²) in [4.78, 5) is 29.7. The van der Waals surface area contributed by atoms with Crippen LogP contribution in [0.3, 0.4) is 0 Å². The van der Waals surface area contributed by atoms with Gasteiger partial charge in [0.25, 0.3) is 5.91 Å². The molecule has 0 spiro atoms. The second-order valence-corrected chi connectivity index (χ2v) is 8.73. The molecule has 0 radical (unpaired) electrons. The smallest absolute Gasteiger partial charge is 0.317 e. The number of nitrogens with zero attached hydrogens (tertiary/aromatic N) is 2. The standard InChI is InChI=1S/C21H26ClN3O2S/c1-2-24(15-18-10-11-19(22)28-18)21(27)23-14-16-6-8-17(9-7-16)20(26)25-12-4-3-5-13-25/h6-11H,2-5,12-15H2,1H3,(H,23,27). The first kappa shape index (κ1) is 20.7. The molecule has 1 saturated heterocycles. The van der Waals surface area contributed by atoms with Gasteiger partial charge in [-0.3, -0.25) is 4.79 Å². The van der Waals surface area contributed by atoms with Crippen LogP contribution in [0.2, 0.25) is 4.34 Å². The Labute approximate surface area is 175 Å². The first-order chi connectivity index (χ1) is 13.6. The molecule has 28 heavy (non-hydrogen) atoms. The average Bonchev–Trinajstić information content (AvgIpc) is 3.15. The van der Waals surface area contributed by atoms with Gasteiger partial charge in [0.05, 0.1) is 10.9 Å². The quantitative estimate of drug-likeness (QED) is 0.733. The zero-order valence-electron chi connectivity index (χ0n) is 16.1. The number of rotatable bonds is 6. The van der Waals surface area contributed by atoms with E-state index in [9.17, 15) is 9.59 Å². The first-order valence-electron chi connectivity index (χ1n) is 9.72. The van der Waals surface area contributed by atoms with Crippen LogP contribution in [-0.2, 0) is 13.1 Å². The molecule has 3 amide bonds. The largest absolute Gasteiger partial charge is 0.339 e. The molecule has 1 aromatic heterocycles. The Morgan fingerprint density at radius 1 is 1.11 bits per heavy atom. The van der Waals surface area contributed by atoms with Crippen molar-refractivity contribution in [2.24, 2.45) is 0 Å². The van der Waals surface area contributed by atoms with Gasteiger partial charge < -0.3 is 15.1 Å². The van der Waals surface area contributed by atoms with Crippen LogP contribution in [-0.4, -0.2) is 41.4 Å². The van der Waals surface area contributed by atoms with E-state index in [0.29, 0.717) is 25.2 Å². The number of carbonyl (C=O) groups excluding carboxylic acids is 2. The number of piperidine rings is 1. The molecule has 150 valence electrons. The third-order valence-corrected chi connectivity index (χ3v) is 6.15. The normalized spacial score (nSPS) is 14.0. The number of thiophene rings is 1. The maximum Gasteiger partial charge on any atom is 0.317 e. The van der Waals surface area contributed by atoms with Gasteiger partial charge in [0.1, 0.15) is 0 Å². The summed E-state index contributed by atoms with van der Waals surface area (Å²) in [6.45, 7) is 5.24.